The van der Waals surface area contributed by atoms with Crippen molar-refractivity contribution in [2.24, 2.45) is 5.41 Å². The van der Waals surface area contributed by atoms with Crippen LogP contribution in [0.5, 0.6) is 0 Å². The van der Waals surface area contributed by atoms with Crippen molar-refractivity contribution in [2.75, 3.05) is 13.1 Å². The topological polar surface area (TPSA) is 75.4 Å². The van der Waals surface area contributed by atoms with Crippen LogP contribution >= 0.6 is 11.6 Å². The maximum absolute atomic E-state index is 13.0. The molecule has 2 heterocycles. The first-order valence-corrected chi connectivity index (χ1v) is 8.59. The normalized spacial score (nSPS) is 19.8. The Labute approximate surface area is 155 Å². The monoisotopic (exact) mass is 379 g/mol. The van der Waals surface area contributed by atoms with E-state index in [-0.39, 0.29) is 29.0 Å². The van der Waals surface area contributed by atoms with Crippen molar-refractivity contribution in [1.29, 1.82) is 0 Å². The molecule has 138 valence electrons. The van der Waals surface area contributed by atoms with E-state index in [2.05, 4.69) is 5.10 Å². The second-order valence-electron chi connectivity index (χ2n) is 6.88. The summed E-state index contributed by atoms with van der Waals surface area (Å²) in [6, 6.07) is 5.96. The van der Waals surface area contributed by atoms with Gasteiger partial charge >= 0.3 is 5.97 Å². The molecule has 1 saturated heterocycles. The van der Waals surface area contributed by atoms with Crippen LogP contribution in [0.15, 0.2) is 24.3 Å². The zero-order valence-electron chi connectivity index (χ0n) is 14.5. The molecule has 3 rings (SSSR count). The molecule has 6 nitrogen and oxygen atoms in total. The number of likely N-dealkylation sites (tertiary alicyclic amines) is 1. The summed E-state index contributed by atoms with van der Waals surface area (Å²) in [5.74, 6) is -1.56. The van der Waals surface area contributed by atoms with E-state index in [1.54, 1.807) is 26.0 Å². The van der Waals surface area contributed by atoms with Gasteiger partial charge < -0.3 is 10.0 Å². The second-order valence-corrected chi connectivity index (χ2v) is 7.24. The fraction of sp³-hybridized carbons (Fsp3) is 0.389. The molecule has 1 fully saturated rings. The van der Waals surface area contributed by atoms with Crippen molar-refractivity contribution in [3.05, 3.63) is 52.1 Å². The molecule has 0 radical (unpaired) electrons. The highest BCUT2D eigenvalue weighted by atomic mass is 35.5. The molecule has 26 heavy (non-hydrogen) atoms. The number of aryl methyl sites for hydroxylation is 1. The highest BCUT2D eigenvalue weighted by Crippen LogP contribution is 2.32. The summed E-state index contributed by atoms with van der Waals surface area (Å²) < 4.78 is 14.5. The molecule has 1 aromatic heterocycles. The largest absolute Gasteiger partial charge is 0.481 e. The van der Waals surface area contributed by atoms with E-state index < -0.39 is 11.4 Å². The summed E-state index contributed by atoms with van der Waals surface area (Å²) in [6.07, 6.45) is 0.397. The standard InChI is InChI=1S/C18H19ClFN3O3/c1-11-14(16(24)22-8-7-18(2,10-22)17(25)26)15(19)23(21-11)9-12-3-5-13(20)6-4-12/h3-6H,7-10H2,1-2H3,(H,25,26)/t18-/m1/s1. The quantitative estimate of drug-likeness (QED) is 0.886. The summed E-state index contributed by atoms with van der Waals surface area (Å²) in [7, 11) is 0. The third-order valence-electron chi connectivity index (χ3n) is 4.80. The molecule has 1 atom stereocenters. The van der Waals surface area contributed by atoms with Gasteiger partial charge in [-0.3, -0.25) is 9.59 Å². The summed E-state index contributed by atoms with van der Waals surface area (Å²) in [6.45, 7) is 4.13. The molecule has 1 aliphatic rings. The highest BCUT2D eigenvalue weighted by molar-refractivity contribution is 6.33. The molecule has 1 aliphatic heterocycles. The smallest absolute Gasteiger partial charge is 0.311 e. The lowest BCUT2D eigenvalue weighted by Gasteiger charge is -2.20. The second kappa shape index (κ2) is 6.72. The molecule has 1 aromatic carbocycles. The van der Waals surface area contributed by atoms with Crippen LogP contribution in [0.1, 0.15) is 35.0 Å². The van der Waals surface area contributed by atoms with E-state index >= 15 is 0 Å². The number of amides is 1. The average molecular weight is 380 g/mol. The lowest BCUT2D eigenvalue weighted by Crippen LogP contribution is -2.35. The van der Waals surface area contributed by atoms with Gasteiger partial charge in [-0.2, -0.15) is 5.10 Å². The fourth-order valence-electron chi connectivity index (χ4n) is 3.13. The van der Waals surface area contributed by atoms with Gasteiger partial charge in [0.05, 0.1) is 23.2 Å². The van der Waals surface area contributed by atoms with Gasteiger partial charge in [-0.25, -0.2) is 9.07 Å². The van der Waals surface area contributed by atoms with Crippen molar-refractivity contribution in [1.82, 2.24) is 14.7 Å². The summed E-state index contributed by atoms with van der Waals surface area (Å²) in [5, 5.41) is 13.8. The fourth-order valence-corrected chi connectivity index (χ4v) is 3.45. The van der Waals surface area contributed by atoms with Crippen molar-refractivity contribution in [3.8, 4) is 0 Å². The van der Waals surface area contributed by atoms with Crippen molar-refractivity contribution in [3.63, 3.8) is 0 Å². The van der Waals surface area contributed by atoms with Crippen LogP contribution in [0.4, 0.5) is 4.39 Å². The Morgan fingerprint density at radius 1 is 1.35 bits per heavy atom. The number of nitrogens with zero attached hydrogens (tertiary/aromatic N) is 3. The van der Waals surface area contributed by atoms with Crippen LogP contribution < -0.4 is 0 Å². The number of carboxylic acid groups (broad SMARTS) is 1. The molecule has 0 bridgehead atoms. The number of carboxylic acids is 1. The minimum absolute atomic E-state index is 0.139. The number of halogens is 2. The third kappa shape index (κ3) is 3.31. The Balaban J connectivity index is 1.83. The van der Waals surface area contributed by atoms with Gasteiger partial charge in [-0.15, -0.1) is 0 Å². The number of aliphatic carboxylic acids is 1. The van der Waals surface area contributed by atoms with E-state index in [0.29, 0.717) is 25.2 Å². The maximum Gasteiger partial charge on any atom is 0.311 e. The average Bonchev–Trinajstić information content (AvgIpc) is 3.11. The van der Waals surface area contributed by atoms with Crippen LogP contribution in [0, 0.1) is 18.2 Å². The van der Waals surface area contributed by atoms with Gasteiger partial charge in [0.1, 0.15) is 11.0 Å². The molecule has 0 spiro atoms. The van der Waals surface area contributed by atoms with Gasteiger partial charge in [0, 0.05) is 13.1 Å². The minimum atomic E-state index is -0.944. The maximum atomic E-state index is 13.0. The molecule has 0 aliphatic carbocycles. The van der Waals surface area contributed by atoms with Crippen molar-refractivity contribution < 1.29 is 19.1 Å². The summed E-state index contributed by atoms with van der Waals surface area (Å²) in [4.78, 5) is 25.7. The third-order valence-corrected chi connectivity index (χ3v) is 5.19. The zero-order valence-corrected chi connectivity index (χ0v) is 15.3. The molecule has 1 N–H and O–H groups in total. The number of hydrogen-bond acceptors (Lipinski definition) is 3. The first-order chi connectivity index (χ1) is 12.2. The highest BCUT2D eigenvalue weighted by Gasteiger charge is 2.43. The number of carbonyl (C=O) groups excluding carboxylic acids is 1. The minimum Gasteiger partial charge on any atom is -0.481 e. The van der Waals surface area contributed by atoms with Gasteiger partial charge in [0.25, 0.3) is 5.91 Å². The van der Waals surface area contributed by atoms with Crippen LogP contribution in [0.2, 0.25) is 5.15 Å². The molecular formula is C18H19ClFN3O3. The van der Waals surface area contributed by atoms with Crippen LogP contribution in [-0.4, -0.2) is 44.8 Å². The van der Waals surface area contributed by atoms with E-state index in [4.69, 9.17) is 11.6 Å². The predicted octanol–water partition coefficient (Wildman–Crippen LogP) is 2.97. The number of benzene rings is 1. The Hall–Kier alpha value is -2.41. The Morgan fingerprint density at radius 3 is 2.58 bits per heavy atom. The van der Waals surface area contributed by atoms with Gasteiger partial charge in [0.15, 0.2) is 0 Å². The number of hydrogen-bond donors (Lipinski definition) is 1. The lowest BCUT2D eigenvalue weighted by atomic mass is 9.90. The molecule has 2 aromatic rings. The number of carbonyl (C=O) groups is 2. The van der Waals surface area contributed by atoms with Crippen molar-refractivity contribution >= 4 is 23.5 Å². The number of aromatic nitrogens is 2. The molecular weight excluding hydrogens is 361 g/mol. The predicted molar refractivity (Wildman–Crippen MR) is 93.7 cm³/mol. The van der Waals surface area contributed by atoms with E-state index in [1.165, 1.54) is 21.7 Å². The van der Waals surface area contributed by atoms with Crippen LogP contribution in [0.3, 0.4) is 0 Å². The zero-order chi connectivity index (χ0) is 19.1. The Morgan fingerprint density at radius 2 is 2.00 bits per heavy atom. The molecule has 8 heteroatoms. The van der Waals surface area contributed by atoms with Gasteiger partial charge in [0.2, 0.25) is 0 Å². The Bertz CT molecular complexity index is 865. The SMILES string of the molecule is Cc1nn(Cc2ccc(F)cc2)c(Cl)c1C(=O)N1CC[C@@](C)(C(=O)O)C1. The van der Waals surface area contributed by atoms with E-state index in [9.17, 15) is 19.1 Å². The summed E-state index contributed by atoms with van der Waals surface area (Å²) in [5.41, 5.74) is 0.615. The van der Waals surface area contributed by atoms with Gasteiger partial charge in [-0.1, -0.05) is 23.7 Å². The first kappa shape index (κ1) is 18.4. The van der Waals surface area contributed by atoms with E-state index in [1.807, 2.05) is 0 Å². The Kier molecular flexibility index (Phi) is 4.75. The van der Waals surface area contributed by atoms with Crippen molar-refractivity contribution in [2.45, 2.75) is 26.8 Å². The van der Waals surface area contributed by atoms with E-state index in [0.717, 1.165) is 5.56 Å². The van der Waals surface area contributed by atoms with Crippen LogP contribution in [0.25, 0.3) is 0 Å². The first-order valence-electron chi connectivity index (χ1n) is 8.21. The molecule has 0 saturated carbocycles. The molecule has 0 unspecified atom stereocenters. The molecule has 1 amide bonds. The number of rotatable bonds is 4. The lowest BCUT2D eigenvalue weighted by molar-refractivity contribution is -0.147. The summed E-state index contributed by atoms with van der Waals surface area (Å²) >= 11 is 6.38. The van der Waals surface area contributed by atoms with Crippen LogP contribution in [-0.2, 0) is 11.3 Å². The van der Waals surface area contributed by atoms with Gasteiger partial charge in [-0.05, 0) is 38.0 Å².